The van der Waals surface area contributed by atoms with Crippen LogP contribution < -0.4 is 10.1 Å². The zero-order valence-electron chi connectivity index (χ0n) is 8.87. The molecule has 0 atom stereocenters. The zero-order valence-corrected chi connectivity index (χ0v) is 12.0. The Labute approximate surface area is 114 Å². The molecular weight excluding hydrogens is 367 g/mol. The van der Waals surface area contributed by atoms with E-state index in [0.717, 1.165) is 4.47 Å². The van der Waals surface area contributed by atoms with E-state index < -0.39 is 12.7 Å². The Morgan fingerprint density at radius 1 is 1.29 bits per heavy atom. The van der Waals surface area contributed by atoms with Crippen LogP contribution in [-0.4, -0.2) is 19.8 Å². The Hall–Kier alpha value is -0.270. The van der Waals surface area contributed by atoms with Gasteiger partial charge in [0, 0.05) is 16.6 Å². The van der Waals surface area contributed by atoms with Gasteiger partial charge < -0.3 is 10.1 Å². The predicted molar refractivity (Wildman–Crippen MR) is 66.2 cm³/mol. The van der Waals surface area contributed by atoms with Crippen molar-refractivity contribution in [3.05, 3.63) is 26.6 Å². The molecule has 0 aliphatic carbocycles. The summed E-state index contributed by atoms with van der Waals surface area (Å²) in [5.41, 5.74) is 0.651. The van der Waals surface area contributed by atoms with Gasteiger partial charge in [0.25, 0.3) is 0 Å². The molecule has 0 spiro atoms. The lowest BCUT2D eigenvalue weighted by Crippen LogP contribution is -2.28. The summed E-state index contributed by atoms with van der Waals surface area (Å²) in [6.07, 6.45) is -4.21. The molecule has 0 heterocycles. The Bertz CT molecular complexity index is 396. The van der Waals surface area contributed by atoms with E-state index in [1.807, 2.05) is 0 Å². The van der Waals surface area contributed by atoms with Crippen molar-refractivity contribution in [1.29, 1.82) is 0 Å². The number of methoxy groups -OCH3 is 1. The predicted octanol–water partition coefficient (Wildman–Crippen LogP) is 3.87. The minimum atomic E-state index is -4.21. The number of benzene rings is 1. The highest BCUT2D eigenvalue weighted by Gasteiger charge is 2.26. The van der Waals surface area contributed by atoms with E-state index >= 15 is 0 Å². The molecule has 0 unspecified atom stereocenters. The van der Waals surface area contributed by atoms with Crippen LogP contribution in [0.5, 0.6) is 5.75 Å². The highest BCUT2D eigenvalue weighted by molar-refractivity contribution is 9.11. The van der Waals surface area contributed by atoms with E-state index in [4.69, 9.17) is 4.74 Å². The van der Waals surface area contributed by atoms with Crippen LogP contribution in [0, 0.1) is 0 Å². The lowest BCUT2D eigenvalue weighted by molar-refractivity contribution is -0.125. The van der Waals surface area contributed by atoms with Crippen molar-refractivity contribution in [1.82, 2.24) is 5.32 Å². The first-order valence-corrected chi connectivity index (χ1v) is 6.21. The Morgan fingerprint density at radius 3 is 2.47 bits per heavy atom. The van der Waals surface area contributed by atoms with Gasteiger partial charge in [-0.05, 0) is 28.1 Å². The number of rotatable bonds is 4. The third-order valence-corrected chi connectivity index (χ3v) is 2.98. The lowest BCUT2D eigenvalue weighted by Gasteiger charge is -2.13. The van der Waals surface area contributed by atoms with Gasteiger partial charge in [-0.1, -0.05) is 15.9 Å². The smallest absolute Gasteiger partial charge is 0.401 e. The van der Waals surface area contributed by atoms with Crippen LogP contribution in [0.3, 0.4) is 0 Å². The first-order valence-electron chi connectivity index (χ1n) is 4.63. The van der Waals surface area contributed by atoms with E-state index in [2.05, 4.69) is 37.2 Å². The summed E-state index contributed by atoms with van der Waals surface area (Å²) < 4.78 is 42.6. The fraction of sp³-hybridized carbons (Fsp3) is 0.400. The maximum atomic E-state index is 12.0. The molecule has 0 bridgehead atoms. The van der Waals surface area contributed by atoms with Crippen LogP contribution in [0.4, 0.5) is 13.2 Å². The molecule has 0 saturated heterocycles. The highest BCUT2D eigenvalue weighted by Crippen LogP contribution is 2.32. The number of alkyl halides is 3. The van der Waals surface area contributed by atoms with Crippen LogP contribution in [0.1, 0.15) is 5.56 Å². The summed E-state index contributed by atoms with van der Waals surface area (Å²) in [4.78, 5) is 0. The molecule has 0 aliphatic heterocycles. The summed E-state index contributed by atoms with van der Waals surface area (Å²) >= 11 is 6.56. The largest absolute Gasteiger partial charge is 0.495 e. The van der Waals surface area contributed by atoms with E-state index in [0.29, 0.717) is 15.8 Å². The molecule has 0 aromatic heterocycles. The number of ether oxygens (including phenoxy) is 1. The first kappa shape index (κ1) is 14.8. The van der Waals surface area contributed by atoms with Gasteiger partial charge in [-0.25, -0.2) is 0 Å². The summed E-state index contributed by atoms with van der Waals surface area (Å²) in [5, 5.41) is 2.32. The number of nitrogens with one attached hydrogen (secondary N) is 1. The Balaban J connectivity index is 2.76. The third kappa shape index (κ3) is 4.85. The summed E-state index contributed by atoms with van der Waals surface area (Å²) in [6.45, 7) is -0.943. The van der Waals surface area contributed by atoms with Crippen LogP contribution in [-0.2, 0) is 6.54 Å². The van der Waals surface area contributed by atoms with Crippen molar-refractivity contribution in [3.63, 3.8) is 0 Å². The van der Waals surface area contributed by atoms with Crippen molar-refractivity contribution in [2.24, 2.45) is 0 Å². The molecule has 1 aromatic rings. The number of halogens is 5. The maximum Gasteiger partial charge on any atom is 0.401 e. The van der Waals surface area contributed by atoms with Crippen LogP contribution in [0.15, 0.2) is 21.1 Å². The van der Waals surface area contributed by atoms with Gasteiger partial charge in [0.05, 0.1) is 18.1 Å². The van der Waals surface area contributed by atoms with Gasteiger partial charge in [0.1, 0.15) is 5.75 Å². The Kier molecular flexibility index (Phi) is 5.27. The van der Waals surface area contributed by atoms with Crippen molar-refractivity contribution in [2.45, 2.75) is 12.7 Å². The SMILES string of the molecule is COc1c(Br)cc(Br)cc1CNCC(F)(F)F. The van der Waals surface area contributed by atoms with Crippen molar-refractivity contribution in [3.8, 4) is 5.75 Å². The van der Waals surface area contributed by atoms with Crippen molar-refractivity contribution in [2.75, 3.05) is 13.7 Å². The molecule has 2 nitrogen and oxygen atoms in total. The molecule has 0 fully saturated rings. The summed E-state index contributed by atoms with van der Waals surface area (Å²) in [6, 6.07) is 3.49. The second kappa shape index (κ2) is 6.06. The molecule has 7 heteroatoms. The third-order valence-electron chi connectivity index (χ3n) is 1.93. The van der Waals surface area contributed by atoms with E-state index in [1.165, 1.54) is 7.11 Å². The highest BCUT2D eigenvalue weighted by atomic mass is 79.9. The van der Waals surface area contributed by atoms with Crippen molar-refractivity contribution >= 4 is 31.9 Å². The molecule has 0 aliphatic rings. The maximum absolute atomic E-state index is 12.0. The van der Waals surface area contributed by atoms with Gasteiger partial charge in [0.2, 0.25) is 0 Å². The van der Waals surface area contributed by atoms with E-state index in [-0.39, 0.29) is 6.54 Å². The van der Waals surface area contributed by atoms with Crippen molar-refractivity contribution < 1.29 is 17.9 Å². The van der Waals surface area contributed by atoms with Gasteiger partial charge >= 0.3 is 6.18 Å². The van der Waals surface area contributed by atoms with Crippen LogP contribution in [0.2, 0.25) is 0 Å². The van der Waals surface area contributed by atoms with E-state index in [1.54, 1.807) is 12.1 Å². The van der Waals surface area contributed by atoms with Gasteiger partial charge in [-0.15, -0.1) is 0 Å². The molecule has 1 rings (SSSR count). The van der Waals surface area contributed by atoms with Gasteiger partial charge in [-0.3, -0.25) is 0 Å². The molecule has 1 aromatic carbocycles. The molecular formula is C10H10Br2F3NO. The zero-order chi connectivity index (χ0) is 13.1. The Morgan fingerprint density at radius 2 is 1.94 bits per heavy atom. The molecule has 17 heavy (non-hydrogen) atoms. The topological polar surface area (TPSA) is 21.3 Å². The summed E-state index contributed by atoms with van der Waals surface area (Å²) in [7, 11) is 1.47. The molecule has 96 valence electrons. The minimum absolute atomic E-state index is 0.0841. The fourth-order valence-corrected chi connectivity index (χ4v) is 2.79. The molecule has 0 saturated carbocycles. The normalized spacial score (nSPS) is 11.6. The average molecular weight is 377 g/mol. The second-order valence-electron chi connectivity index (χ2n) is 3.30. The first-order chi connectivity index (χ1) is 7.83. The fourth-order valence-electron chi connectivity index (χ4n) is 1.31. The quantitative estimate of drug-likeness (QED) is 0.861. The van der Waals surface area contributed by atoms with Gasteiger partial charge in [-0.2, -0.15) is 13.2 Å². The second-order valence-corrected chi connectivity index (χ2v) is 5.07. The molecule has 0 radical (unpaired) electrons. The minimum Gasteiger partial charge on any atom is -0.495 e. The van der Waals surface area contributed by atoms with E-state index in [9.17, 15) is 13.2 Å². The van der Waals surface area contributed by atoms with Crippen LogP contribution in [0.25, 0.3) is 0 Å². The molecule has 0 amide bonds. The van der Waals surface area contributed by atoms with Crippen LogP contribution >= 0.6 is 31.9 Å². The molecule has 1 N–H and O–H groups in total. The van der Waals surface area contributed by atoms with Gasteiger partial charge in [0.15, 0.2) is 0 Å². The number of hydrogen-bond donors (Lipinski definition) is 1. The standard InChI is InChI=1S/C10H10Br2F3NO/c1-17-9-6(2-7(11)3-8(9)12)4-16-5-10(13,14)15/h2-3,16H,4-5H2,1H3. The number of hydrogen-bond acceptors (Lipinski definition) is 2. The summed E-state index contributed by atoms with van der Waals surface area (Å²) in [5.74, 6) is 0.530. The average Bonchev–Trinajstić information content (AvgIpc) is 2.14. The lowest BCUT2D eigenvalue weighted by atomic mass is 10.2. The monoisotopic (exact) mass is 375 g/mol.